The van der Waals surface area contributed by atoms with E-state index in [0.29, 0.717) is 0 Å². The maximum absolute atomic E-state index is 10.7. The first-order chi connectivity index (χ1) is 6.91. The maximum Gasteiger partial charge on any atom is 0.435 e. The summed E-state index contributed by atoms with van der Waals surface area (Å²) in [7, 11) is 10.6. The van der Waals surface area contributed by atoms with Crippen molar-refractivity contribution >= 4 is 21.6 Å². The molecule has 1 fully saturated rings. The fraction of sp³-hybridized carbons (Fsp3) is 0.571. The van der Waals surface area contributed by atoms with Crippen molar-refractivity contribution in [3.05, 3.63) is 22.0 Å². The van der Waals surface area contributed by atoms with Crippen molar-refractivity contribution in [2.45, 2.75) is 24.3 Å². The molecule has 8 heteroatoms. The lowest BCUT2D eigenvalue weighted by Gasteiger charge is -2.17. The van der Waals surface area contributed by atoms with Crippen molar-refractivity contribution in [2.75, 3.05) is 0 Å². The van der Waals surface area contributed by atoms with E-state index in [4.69, 9.17) is 15.7 Å². The number of aromatic nitrogens is 2. The van der Waals surface area contributed by atoms with Gasteiger partial charge in [0, 0.05) is 5.40 Å². The van der Waals surface area contributed by atoms with Crippen LogP contribution in [0.5, 0.6) is 0 Å². The van der Waals surface area contributed by atoms with E-state index in [1.54, 1.807) is 0 Å². The maximum atomic E-state index is 10.7. The zero-order valence-electron chi connectivity index (χ0n) is 7.83. The molecule has 4 radical (unpaired) electrons. The molecular weight excluding hydrogens is 196 g/mol. The molecule has 1 aliphatic carbocycles. The van der Waals surface area contributed by atoms with Crippen molar-refractivity contribution in [2.24, 2.45) is 0 Å². The molecule has 2 rings (SSSR count). The second kappa shape index (κ2) is 3.10. The molecule has 1 aromatic heterocycles. The predicted molar refractivity (Wildman–Crippen MR) is 52.6 cm³/mol. The summed E-state index contributed by atoms with van der Waals surface area (Å²) >= 11 is 0. The van der Waals surface area contributed by atoms with Crippen LogP contribution in [0.1, 0.15) is 24.6 Å². The van der Waals surface area contributed by atoms with E-state index >= 15 is 0 Å². The first kappa shape index (κ1) is 10.2. The summed E-state index contributed by atoms with van der Waals surface area (Å²) in [5.74, 6) is -0.332. The van der Waals surface area contributed by atoms with Crippen molar-refractivity contribution in [3.63, 3.8) is 0 Å². The monoisotopic (exact) mass is 203 g/mol. The highest BCUT2D eigenvalue weighted by atomic mass is 16.6. The Labute approximate surface area is 88.3 Å². The fourth-order valence-corrected chi connectivity index (χ4v) is 1.48. The summed E-state index contributed by atoms with van der Waals surface area (Å²) in [5.41, 5.74) is 0.0664. The molecule has 0 aromatic carbocycles. The third-order valence-electron chi connectivity index (χ3n) is 2.26. The van der Waals surface area contributed by atoms with Crippen molar-refractivity contribution in [1.29, 1.82) is 0 Å². The number of hydrogen-bond acceptors (Lipinski definition) is 4. The zero-order chi connectivity index (χ0) is 11.2. The van der Waals surface area contributed by atoms with Gasteiger partial charge in [0.05, 0.1) is 6.04 Å². The van der Waals surface area contributed by atoms with Gasteiger partial charge < -0.3 is 15.2 Å². The molecule has 1 aliphatic rings. The third kappa shape index (κ3) is 1.77. The average molecular weight is 203 g/mol. The van der Waals surface area contributed by atoms with E-state index in [1.807, 2.05) is 0 Å². The average Bonchev–Trinajstić information content (AvgIpc) is 2.81. The summed E-state index contributed by atoms with van der Waals surface area (Å²) in [5, 5.41) is 18.0. The summed E-state index contributed by atoms with van der Waals surface area (Å²) in [4.78, 5) is 13.6. The van der Waals surface area contributed by atoms with Crippen LogP contribution in [0.3, 0.4) is 0 Å². The third-order valence-corrected chi connectivity index (χ3v) is 2.26. The highest BCUT2D eigenvalue weighted by Gasteiger charge is 2.38. The van der Waals surface area contributed by atoms with Gasteiger partial charge in [0.2, 0.25) is 0 Å². The van der Waals surface area contributed by atoms with Gasteiger partial charge in [-0.2, -0.15) is 0 Å². The Bertz CT molecular complexity index is 408. The second-order valence-electron chi connectivity index (χ2n) is 3.63. The second-order valence-corrected chi connectivity index (χ2v) is 3.63. The van der Waals surface area contributed by atoms with E-state index in [9.17, 15) is 15.2 Å². The highest BCUT2D eigenvalue weighted by molar-refractivity contribution is 6.38. The minimum atomic E-state index is -2.09. The molecule has 0 spiro atoms. The number of imidazole rings is 1. The minimum absolute atomic E-state index is 0.0264. The molecule has 0 amide bonds. The van der Waals surface area contributed by atoms with Crippen LogP contribution in [0.25, 0.3) is 0 Å². The number of nitro groups is 1. The molecule has 1 saturated carbocycles. The molecule has 0 saturated heterocycles. The Hall–Kier alpha value is -1.30. The van der Waals surface area contributed by atoms with E-state index in [2.05, 4.69) is 4.98 Å². The first-order valence-corrected chi connectivity index (χ1v) is 4.43. The minimum Gasteiger partial charge on any atom is -0.402 e. The Kier molecular flexibility index (Phi) is 2.11. The summed E-state index contributed by atoms with van der Waals surface area (Å²) in [6, 6.07) is -0.0264. The van der Waals surface area contributed by atoms with Gasteiger partial charge in [0.15, 0.2) is 0 Å². The van der Waals surface area contributed by atoms with Gasteiger partial charge >= 0.3 is 5.95 Å². The molecule has 1 aromatic rings. The largest absolute Gasteiger partial charge is 0.435 e. The van der Waals surface area contributed by atoms with Crippen LogP contribution in [0.15, 0.2) is 6.20 Å². The van der Waals surface area contributed by atoms with E-state index in [0.717, 1.165) is 19.0 Å². The van der Waals surface area contributed by atoms with Crippen LogP contribution in [0.2, 0.25) is 0 Å². The van der Waals surface area contributed by atoms with Crippen LogP contribution in [0.4, 0.5) is 5.95 Å². The number of nitrogens with zero attached hydrogens (tertiary/aromatic N) is 3. The predicted octanol–water partition coefficient (Wildman–Crippen LogP) is -0.434. The van der Waals surface area contributed by atoms with Gasteiger partial charge in [0.25, 0.3) is 0 Å². The quantitative estimate of drug-likeness (QED) is 0.410. The molecule has 0 bridgehead atoms. The normalized spacial score (nSPS) is 16.6. The number of rotatable bonds is 3. The Morgan fingerprint density at radius 3 is 2.67 bits per heavy atom. The lowest BCUT2D eigenvalue weighted by molar-refractivity contribution is -0.396. The van der Waals surface area contributed by atoms with Gasteiger partial charge in [-0.1, -0.05) is 4.98 Å². The van der Waals surface area contributed by atoms with Gasteiger partial charge in [-0.15, -0.1) is 0 Å². The SMILES string of the molecule is [B]C([B])(O)c1cnc([N+](=O)[O-])n1C1CC1. The first-order valence-electron chi connectivity index (χ1n) is 4.43. The van der Waals surface area contributed by atoms with Gasteiger partial charge in [-0.3, -0.25) is 0 Å². The van der Waals surface area contributed by atoms with Crippen LogP contribution in [-0.4, -0.2) is 35.3 Å². The lowest BCUT2D eigenvalue weighted by atomic mass is 9.63. The lowest BCUT2D eigenvalue weighted by Crippen LogP contribution is -2.29. The number of hydrogen-bond donors (Lipinski definition) is 1. The molecule has 0 unspecified atom stereocenters. The van der Waals surface area contributed by atoms with Gasteiger partial charge in [-0.25, -0.2) is 4.57 Å². The van der Waals surface area contributed by atoms with Crippen LogP contribution < -0.4 is 0 Å². The standard InChI is InChI=1S/C7H7B2N3O3/c8-7(9,13)5-3-10-6(12(14)15)11(5)4-1-2-4/h3-4,13H,1-2H2. The van der Waals surface area contributed by atoms with E-state index in [-0.39, 0.29) is 17.7 Å². The Balaban J connectivity index is 2.52. The van der Waals surface area contributed by atoms with E-state index < -0.39 is 10.3 Å². The fourth-order valence-electron chi connectivity index (χ4n) is 1.48. The zero-order valence-corrected chi connectivity index (χ0v) is 7.83. The topological polar surface area (TPSA) is 81.2 Å². The summed E-state index contributed by atoms with van der Waals surface area (Å²) in [6.07, 6.45) is 2.75. The van der Waals surface area contributed by atoms with Crippen LogP contribution >= 0.6 is 0 Å². The van der Waals surface area contributed by atoms with Crippen molar-refractivity contribution < 1.29 is 10.0 Å². The molecule has 0 aliphatic heterocycles. The smallest absolute Gasteiger partial charge is 0.402 e. The summed E-state index contributed by atoms with van der Waals surface area (Å²) < 4.78 is 1.29. The van der Waals surface area contributed by atoms with Crippen LogP contribution in [-0.2, 0) is 5.40 Å². The highest BCUT2D eigenvalue weighted by Crippen LogP contribution is 2.40. The molecule has 6 nitrogen and oxygen atoms in total. The van der Waals surface area contributed by atoms with Crippen molar-refractivity contribution in [3.8, 4) is 0 Å². The van der Waals surface area contributed by atoms with Gasteiger partial charge in [0.1, 0.15) is 27.6 Å². The molecule has 0 atom stereocenters. The Morgan fingerprint density at radius 1 is 1.67 bits per heavy atom. The molecule has 74 valence electrons. The molecule has 1 N–H and O–H groups in total. The van der Waals surface area contributed by atoms with Gasteiger partial charge in [-0.05, 0) is 17.8 Å². The molecule has 1 heterocycles. The van der Waals surface area contributed by atoms with Crippen molar-refractivity contribution in [1.82, 2.24) is 9.55 Å². The number of aliphatic hydroxyl groups is 1. The summed E-state index contributed by atoms with van der Waals surface area (Å²) in [6.45, 7) is 0. The molecular formula is C7H7B2N3O3. The Morgan fingerprint density at radius 2 is 2.27 bits per heavy atom. The van der Waals surface area contributed by atoms with Crippen LogP contribution in [0, 0.1) is 10.1 Å². The molecule has 15 heavy (non-hydrogen) atoms. The van der Waals surface area contributed by atoms with E-state index in [1.165, 1.54) is 4.57 Å².